The van der Waals surface area contributed by atoms with E-state index in [-0.39, 0.29) is 123 Å². The van der Waals surface area contributed by atoms with E-state index in [0.717, 1.165) is 0 Å². The number of hydrogen-bond acceptors (Lipinski definition) is 3. The summed E-state index contributed by atoms with van der Waals surface area (Å²) in [5.74, 6) is 0. The van der Waals surface area contributed by atoms with Gasteiger partial charge in [-0.1, -0.05) is 104 Å². The molecule has 0 aromatic heterocycles. The third-order valence-electron chi connectivity index (χ3n) is 1.08. The van der Waals surface area contributed by atoms with Crippen LogP contribution in [0.15, 0.2) is 0 Å². The van der Waals surface area contributed by atoms with Crippen molar-refractivity contribution in [1.29, 1.82) is 0 Å². The Bertz CT molecular complexity index is 114. The first kappa shape index (κ1) is 142. The fourth-order valence-electron chi connectivity index (χ4n) is 0.500. The van der Waals surface area contributed by atoms with E-state index in [1.807, 2.05) is 13.8 Å². The van der Waals surface area contributed by atoms with Gasteiger partial charge in [-0.25, -0.2) is 4.79 Å². The summed E-state index contributed by atoms with van der Waals surface area (Å²) in [4.78, 5) is 10.8. The van der Waals surface area contributed by atoms with Crippen molar-refractivity contribution in [2.24, 2.45) is 0 Å². The van der Waals surface area contributed by atoms with E-state index in [9.17, 15) is 4.79 Å². The molecule has 5 nitrogen and oxygen atoms in total. The highest BCUT2D eigenvalue weighted by Gasteiger charge is 1.95. The molecule has 2 amide bonds. The van der Waals surface area contributed by atoms with Gasteiger partial charge in [-0.2, -0.15) is 0 Å². The maximum Gasteiger partial charge on any atom is 0.318 e. The molecular formula is C21H72N2O3. The molecule has 0 aromatic rings. The normalized spacial score (nSPS) is 4.38. The summed E-state index contributed by atoms with van der Waals surface area (Å²) in [6.45, 7) is 5.36. The smallest absolute Gasteiger partial charge is 0.318 e. The second-order valence-electron chi connectivity index (χ2n) is 1.96. The van der Waals surface area contributed by atoms with Crippen molar-refractivity contribution in [3.63, 3.8) is 0 Å². The summed E-state index contributed by atoms with van der Waals surface area (Å²) in [6, 6.07) is -0.281. The quantitative estimate of drug-likeness (QED) is 0.345. The van der Waals surface area contributed by atoms with E-state index in [2.05, 4.69) is 10.6 Å². The van der Waals surface area contributed by atoms with Crippen LogP contribution in [0.5, 0.6) is 0 Å². The highest BCUT2D eigenvalue weighted by atomic mass is 16.5. The molecule has 0 aliphatic carbocycles. The fraction of sp³-hybridized carbons (Fsp3) is 0.952. The molecule has 0 saturated carbocycles. The molecule has 0 saturated heterocycles. The van der Waals surface area contributed by atoms with Crippen molar-refractivity contribution < 1.29 is 14.3 Å². The zero-order valence-corrected chi connectivity index (χ0v) is 7.55. The molecular weight excluding hydrogens is 328 g/mol. The molecule has 26 heavy (non-hydrogen) atoms. The molecule has 0 bridgehead atoms. The molecule has 0 aliphatic rings. The van der Waals surface area contributed by atoms with Crippen LogP contribution in [0.25, 0.3) is 0 Å². The van der Waals surface area contributed by atoms with E-state index in [0.29, 0.717) is 13.2 Å². The monoisotopic (exact) mass is 401 g/mol. The van der Waals surface area contributed by atoms with Crippen molar-refractivity contribution >= 4 is 6.03 Å². The van der Waals surface area contributed by atoms with Gasteiger partial charge >= 0.3 is 6.03 Å². The summed E-state index contributed by atoms with van der Waals surface area (Å²) < 4.78 is 9.80. The first-order chi connectivity index (χ1) is 5.81. The lowest BCUT2D eigenvalue weighted by atomic mass is 10.8. The number of amides is 2. The summed E-state index contributed by atoms with van der Waals surface area (Å²) in [5.41, 5.74) is 0. The van der Waals surface area contributed by atoms with Crippen molar-refractivity contribution in [2.75, 3.05) is 26.7 Å². The Morgan fingerprint density at radius 1 is 0.538 bits per heavy atom. The minimum absolute atomic E-state index is 0. The van der Waals surface area contributed by atoms with Crippen LogP contribution in [-0.2, 0) is 9.47 Å². The lowest BCUT2D eigenvalue weighted by Crippen LogP contribution is -2.37. The number of nitrogens with one attached hydrogen (secondary N) is 2. The van der Waals surface area contributed by atoms with Crippen LogP contribution in [0.2, 0.25) is 0 Å². The van der Waals surface area contributed by atoms with Gasteiger partial charge in [0.05, 0.1) is 0 Å². The van der Waals surface area contributed by atoms with E-state index < -0.39 is 0 Å². The van der Waals surface area contributed by atoms with E-state index >= 15 is 0 Å². The molecule has 0 radical (unpaired) electrons. The van der Waals surface area contributed by atoms with Crippen molar-refractivity contribution in [3.8, 4) is 0 Å². The van der Waals surface area contributed by atoms with Crippen LogP contribution in [0.1, 0.15) is 118 Å². The summed E-state index contributed by atoms with van der Waals surface area (Å²) >= 11 is 0. The van der Waals surface area contributed by atoms with Gasteiger partial charge in [0.15, 0.2) is 0 Å². The van der Waals surface area contributed by atoms with Crippen LogP contribution >= 0.6 is 0 Å². The Morgan fingerprint density at radius 3 is 0.885 bits per heavy atom. The van der Waals surface area contributed by atoms with Gasteiger partial charge in [-0.15, -0.1) is 0 Å². The first-order valence-electron chi connectivity index (χ1n) is 3.98. The Labute approximate surface area is 176 Å². The minimum Gasteiger partial charge on any atom is -0.361 e. The zero-order valence-electron chi connectivity index (χ0n) is 7.55. The fourth-order valence-corrected chi connectivity index (χ4v) is 0.500. The number of ether oxygens (including phenoxy) is 2. The molecule has 0 unspecified atom stereocenters. The number of carbonyl (C=O) groups excluding carboxylic acids is 1. The average molecular weight is 401 g/mol. The van der Waals surface area contributed by atoms with E-state index in [1.54, 1.807) is 0 Å². The second kappa shape index (κ2) is 125. The molecule has 0 spiro atoms. The van der Waals surface area contributed by atoms with Crippen LogP contribution in [0.3, 0.4) is 0 Å². The third-order valence-corrected chi connectivity index (χ3v) is 1.08. The Hall–Kier alpha value is -0.810. The standard InChI is InChI=1S/C7H16N2O3.14CH4/c1-3-11-5-8-7(10)9-6-12-4-2;;;;;;;;;;;;;;/h3-6H2,1-2H3,(H2,8,9,10);14*1H4. The maximum absolute atomic E-state index is 10.8. The molecule has 0 aromatic carbocycles. The Balaban J connectivity index is -0.00000000665. The molecule has 5 heteroatoms. The van der Waals surface area contributed by atoms with Gasteiger partial charge in [-0.05, 0) is 13.8 Å². The number of urea groups is 1. The van der Waals surface area contributed by atoms with Crippen LogP contribution in [0.4, 0.5) is 4.79 Å². The molecule has 0 atom stereocenters. The summed E-state index contributed by atoms with van der Waals surface area (Å²) in [7, 11) is 0. The molecule has 0 aliphatic heterocycles. The lowest BCUT2D eigenvalue weighted by molar-refractivity contribution is 0.116. The van der Waals surface area contributed by atoms with Crippen LogP contribution in [-0.4, -0.2) is 32.7 Å². The largest absolute Gasteiger partial charge is 0.361 e. The van der Waals surface area contributed by atoms with Gasteiger partial charge in [0.2, 0.25) is 0 Å². The molecule has 0 rings (SSSR count). The average Bonchev–Trinajstić information content (AvgIpc) is 2.06. The Kier molecular flexibility index (Phi) is 684. The van der Waals surface area contributed by atoms with Crippen LogP contribution < -0.4 is 10.6 Å². The number of rotatable bonds is 6. The van der Waals surface area contributed by atoms with E-state index in [1.165, 1.54) is 0 Å². The molecule has 2 N–H and O–H groups in total. The van der Waals surface area contributed by atoms with Crippen molar-refractivity contribution in [3.05, 3.63) is 0 Å². The molecule has 184 valence electrons. The van der Waals surface area contributed by atoms with Gasteiger partial charge in [0.25, 0.3) is 0 Å². The highest BCUT2D eigenvalue weighted by Crippen LogP contribution is 1.71. The van der Waals surface area contributed by atoms with Gasteiger partial charge in [0.1, 0.15) is 13.5 Å². The van der Waals surface area contributed by atoms with Crippen molar-refractivity contribution in [1.82, 2.24) is 10.6 Å². The van der Waals surface area contributed by atoms with E-state index in [4.69, 9.17) is 9.47 Å². The second-order valence-corrected chi connectivity index (χ2v) is 1.96. The predicted molar refractivity (Wildman–Crippen MR) is 139 cm³/mol. The predicted octanol–water partition coefficient (Wildman–Crippen LogP) is 9.18. The molecule has 0 fully saturated rings. The maximum atomic E-state index is 10.8. The minimum atomic E-state index is -0.281. The summed E-state index contributed by atoms with van der Waals surface area (Å²) in [6.07, 6.45) is 0. The number of hydrogen-bond donors (Lipinski definition) is 2. The SMILES string of the molecule is C.C.C.C.C.C.C.C.C.C.C.C.C.C.CCOCNC(=O)NCOCC. The number of carbonyl (C=O) groups is 1. The van der Waals surface area contributed by atoms with Gasteiger partial charge < -0.3 is 20.1 Å². The lowest BCUT2D eigenvalue weighted by Gasteiger charge is -2.06. The van der Waals surface area contributed by atoms with Crippen molar-refractivity contribution in [2.45, 2.75) is 118 Å². The highest BCUT2D eigenvalue weighted by molar-refractivity contribution is 5.73. The van der Waals surface area contributed by atoms with Gasteiger partial charge in [0, 0.05) is 13.2 Å². The molecule has 0 heterocycles. The third kappa shape index (κ3) is 135. The Morgan fingerprint density at radius 2 is 0.731 bits per heavy atom. The summed E-state index contributed by atoms with van der Waals surface area (Å²) in [5, 5.41) is 4.98. The first-order valence-corrected chi connectivity index (χ1v) is 3.98. The zero-order chi connectivity index (χ0) is 9.23. The van der Waals surface area contributed by atoms with Gasteiger partial charge in [-0.3, -0.25) is 0 Å². The topological polar surface area (TPSA) is 59.6 Å². The van der Waals surface area contributed by atoms with Crippen LogP contribution in [0, 0.1) is 0 Å².